The van der Waals surface area contributed by atoms with Crippen molar-refractivity contribution >= 4 is 0 Å². The van der Waals surface area contributed by atoms with Crippen LogP contribution in [0.25, 0.3) is 0 Å². The van der Waals surface area contributed by atoms with Crippen LogP contribution in [0.3, 0.4) is 0 Å². The molecule has 8 nitrogen and oxygen atoms in total. The molecular weight excluding hydrogens is 825 g/mol. The van der Waals surface area contributed by atoms with Gasteiger partial charge >= 0.3 is 0 Å². The summed E-state index contributed by atoms with van der Waals surface area (Å²) in [4.78, 5) is 0. The van der Waals surface area contributed by atoms with Gasteiger partial charge in [0.05, 0.1) is 26.4 Å². The van der Waals surface area contributed by atoms with Crippen LogP contribution in [0.15, 0.2) is 97.1 Å². The van der Waals surface area contributed by atoms with E-state index in [1.807, 2.05) is 0 Å². The van der Waals surface area contributed by atoms with Crippen molar-refractivity contribution in [1.29, 1.82) is 0 Å². The predicted molar refractivity (Wildman–Crippen MR) is 257 cm³/mol. The molecule has 4 aromatic carbocycles. The zero-order valence-corrected chi connectivity index (χ0v) is 39.5. The van der Waals surface area contributed by atoms with Crippen molar-refractivity contribution in [3.05, 3.63) is 119 Å². The van der Waals surface area contributed by atoms with Crippen molar-refractivity contribution in [2.45, 2.75) is 171 Å². The van der Waals surface area contributed by atoms with E-state index < -0.39 is 0 Å². The maximum Gasteiger partial charge on any atom is 0.199 e. The normalized spacial score (nSPS) is 31.3. The molecule has 0 amide bonds. The van der Waals surface area contributed by atoms with Gasteiger partial charge in [0.1, 0.15) is 23.0 Å². The van der Waals surface area contributed by atoms with E-state index >= 15 is 0 Å². The molecule has 4 aromatic rings. The van der Waals surface area contributed by atoms with Crippen LogP contribution in [-0.4, -0.2) is 51.6 Å². The fraction of sp³-hybridized carbons (Fsp3) is 0.586. The molecule has 354 valence electrons. The highest BCUT2D eigenvalue weighted by molar-refractivity contribution is 5.46. The number of ether oxygens (including phenoxy) is 8. The molecule has 2 saturated carbocycles. The minimum absolute atomic E-state index is 0.0738. The van der Waals surface area contributed by atoms with Gasteiger partial charge in [-0.3, -0.25) is 0 Å². The van der Waals surface area contributed by atoms with E-state index in [1.54, 1.807) is 0 Å². The van der Waals surface area contributed by atoms with Crippen LogP contribution in [0.5, 0.6) is 23.0 Å². The van der Waals surface area contributed by atoms with Crippen LogP contribution >= 0.6 is 0 Å². The second kappa shape index (κ2) is 21.5. The average Bonchev–Trinajstić information content (AvgIpc) is 3.38. The van der Waals surface area contributed by atoms with Gasteiger partial charge in [0.15, 0.2) is 25.2 Å². The summed E-state index contributed by atoms with van der Waals surface area (Å²) in [5, 5.41) is 0. The molecule has 0 aromatic heterocycles. The van der Waals surface area contributed by atoms with E-state index in [2.05, 4.69) is 104 Å². The molecule has 2 aliphatic carbocycles. The van der Waals surface area contributed by atoms with Crippen molar-refractivity contribution in [3.63, 3.8) is 0 Å². The third-order valence-electron chi connectivity index (χ3n) is 16.5. The highest BCUT2D eigenvalue weighted by Gasteiger charge is 2.44. The molecule has 4 unspecified atom stereocenters. The molecule has 0 spiro atoms. The summed E-state index contributed by atoms with van der Waals surface area (Å²) in [7, 11) is 0. The molecule has 6 aliphatic rings. The lowest BCUT2D eigenvalue weighted by molar-refractivity contribution is -0.106. The van der Waals surface area contributed by atoms with Gasteiger partial charge in [0.2, 0.25) is 0 Å². The first-order chi connectivity index (χ1) is 32.5. The van der Waals surface area contributed by atoms with Crippen molar-refractivity contribution in [3.8, 4) is 23.0 Å². The van der Waals surface area contributed by atoms with Gasteiger partial charge in [0.25, 0.3) is 0 Å². The Kier molecular flexibility index (Phi) is 14.9. The van der Waals surface area contributed by atoms with Crippen molar-refractivity contribution < 1.29 is 37.9 Å². The highest BCUT2D eigenvalue weighted by atomic mass is 16.7. The monoisotopic (exact) mass is 899 g/mol. The van der Waals surface area contributed by atoms with E-state index in [0.29, 0.717) is 17.8 Å². The molecule has 0 N–H and O–H groups in total. The average molecular weight is 899 g/mol. The van der Waals surface area contributed by atoms with E-state index in [0.717, 1.165) is 152 Å². The molecule has 6 fully saturated rings. The van der Waals surface area contributed by atoms with Gasteiger partial charge in [-0.15, -0.1) is 0 Å². The Morgan fingerprint density at radius 2 is 0.591 bits per heavy atom. The van der Waals surface area contributed by atoms with Crippen molar-refractivity contribution in [1.82, 2.24) is 0 Å². The van der Waals surface area contributed by atoms with E-state index in [4.69, 9.17) is 37.9 Å². The van der Waals surface area contributed by atoms with Crippen LogP contribution in [0.4, 0.5) is 0 Å². The Labute approximate surface area is 394 Å². The standard InChI is InChI=1S/C58H74O8/c1-42(43-30-34-57(35-31-43,45-14-22-49(23-15-45)63-53-10-2-6-38-59-53)46-16-24-50(25-17-46)64-54-11-3-7-39-60-54)44-32-36-58(37-33-44,47-18-26-51(27-19-47)65-55-12-4-8-40-61-55)48-20-28-52(29-21-48)66-56-13-5-9-41-62-56/h14-29,42-44,53-56H,2-13,30-41H2,1H3. The first-order valence-corrected chi connectivity index (χ1v) is 26.1. The number of benzene rings is 4. The Balaban J connectivity index is 0.842. The van der Waals surface area contributed by atoms with Crippen LogP contribution in [0.2, 0.25) is 0 Å². The second-order valence-corrected chi connectivity index (χ2v) is 20.5. The first-order valence-electron chi connectivity index (χ1n) is 26.1. The molecule has 4 heterocycles. The molecule has 0 bridgehead atoms. The van der Waals surface area contributed by atoms with Crippen molar-refractivity contribution in [2.75, 3.05) is 26.4 Å². The predicted octanol–water partition coefficient (Wildman–Crippen LogP) is 13.6. The van der Waals surface area contributed by atoms with Gasteiger partial charge in [-0.1, -0.05) is 55.5 Å². The molecule has 4 saturated heterocycles. The minimum atomic E-state index is -0.149. The zero-order valence-electron chi connectivity index (χ0n) is 39.5. The summed E-state index contributed by atoms with van der Waals surface area (Å²) in [6, 6.07) is 36.0. The lowest BCUT2D eigenvalue weighted by Crippen LogP contribution is -2.38. The Hall–Kier alpha value is -4.08. The molecule has 4 aliphatic heterocycles. The van der Waals surface area contributed by atoms with Crippen LogP contribution < -0.4 is 18.9 Å². The second-order valence-electron chi connectivity index (χ2n) is 20.5. The molecule has 4 atom stereocenters. The third kappa shape index (κ3) is 10.6. The first kappa shape index (κ1) is 45.7. The van der Waals surface area contributed by atoms with E-state index in [9.17, 15) is 0 Å². The molecule has 10 rings (SSSR count). The van der Waals surface area contributed by atoms with Gasteiger partial charge in [-0.25, -0.2) is 0 Å². The van der Waals surface area contributed by atoms with Crippen LogP contribution in [-0.2, 0) is 29.8 Å². The van der Waals surface area contributed by atoms with Gasteiger partial charge in [-0.05, 0) is 191 Å². The summed E-state index contributed by atoms with van der Waals surface area (Å²) < 4.78 is 48.9. The highest BCUT2D eigenvalue weighted by Crippen LogP contribution is 2.53. The maximum absolute atomic E-state index is 6.31. The summed E-state index contributed by atoms with van der Waals surface area (Å²) in [5.74, 6) is 5.59. The zero-order chi connectivity index (χ0) is 44.6. The summed E-state index contributed by atoms with van der Waals surface area (Å²) >= 11 is 0. The summed E-state index contributed by atoms with van der Waals surface area (Å²) in [6.45, 7) is 5.69. The summed E-state index contributed by atoms with van der Waals surface area (Å²) in [5.41, 5.74) is 5.36. The SMILES string of the molecule is CC(C1CCC(c2ccc(OC3CCCCO3)cc2)(c2ccc(OC3CCCCO3)cc2)CC1)C1CCC(c2ccc(OC3CCCCO3)cc2)(c2ccc(OC3CCCCO3)cc2)CC1. The summed E-state index contributed by atoms with van der Waals surface area (Å²) in [6.07, 6.45) is 21.6. The van der Waals surface area contributed by atoms with Gasteiger partial charge in [-0.2, -0.15) is 0 Å². The van der Waals surface area contributed by atoms with Crippen LogP contribution in [0, 0.1) is 17.8 Å². The topological polar surface area (TPSA) is 73.8 Å². The fourth-order valence-corrected chi connectivity index (χ4v) is 12.4. The molecule has 66 heavy (non-hydrogen) atoms. The van der Waals surface area contributed by atoms with E-state index in [1.165, 1.54) is 47.9 Å². The fourth-order valence-electron chi connectivity index (χ4n) is 12.4. The Bertz CT molecular complexity index is 1780. The minimum Gasteiger partial charge on any atom is -0.465 e. The molecular formula is C58H74O8. The van der Waals surface area contributed by atoms with Crippen molar-refractivity contribution in [2.24, 2.45) is 17.8 Å². The number of rotatable bonds is 14. The lowest BCUT2D eigenvalue weighted by atomic mass is 9.57. The number of hydrogen-bond donors (Lipinski definition) is 0. The smallest absolute Gasteiger partial charge is 0.199 e. The maximum atomic E-state index is 6.31. The van der Waals surface area contributed by atoms with Crippen LogP contribution in [0.1, 0.15) is 158 Å². The largest absolute Gasteiger partial charge is 0.465 e. The Morgan fingerprint density at radius 3 is 0.803 bits per heavy atom. The molecule has 8 heteroatoms. The lowest BCUT2D eigenvalue weighted by Gasteiger charge is -2.47. The van der Waals surface area contributed by atoms with Gasteiger partial charge < -0.3 is 37.9 Å². The number of hydrogen-bond acceptors (Lipinski definition) is 8. The Morgan fingerprint density at radius 1 is 0.348 bits per heavy atom. The third-order valence-corrected chi connectivity index (χ3v) is 16.5. The van der Waals surface area contributed by atoms with E-state index in [-0.39, 0.29) is 36.0 Å². The molecule has 0 radical (unpaired) electrons. The quantitative estimate of drug-likeness (QED) is 0.124. The van der Waals surface area contributed by atoms with Gasteiger partial charge in [0, 0.05) is 36.5 Å².